The third kappa shape index (κ3) is 2.74. The lowest BCUT2D eigenvalue weighted by atomic mass is 10.1. The second-order valence-electron chi connectivity index (χ2n) is 5.26. The number of hydrogen-bond donors (Lipinski definition) is 0. The number of amides is 1. The number of benzene rings is 1. The Balaban J connectivity index is 1.99. The fraction of sp³-hybridized carbons (Fsp3) is 0.562. The van der Waals surface area contributed by atoms with Crippen LogP contribution in [-0.2, 0) is 11.2 Å². The Labute approximate surface area is 110 Å². The molecule has 1 amide bonds. The highest BCUT2D eigenvalue weighted by molar-refractivity contribution is 5.76. The van der Waals surface area contributed by atoms with Crippen LogP contribution in [-0.4, -0.2) is 23.9 Å². The summed E-state index contributed by atoms with van der Waals surface area (Å²) < 4.78 is 0. The summed E-state index contributed by atoms with van der Waals surface area (Å²) in [6.07, 6.45) is 3.82. The van der Waals surface area contributed by atoms with Gasteiger partial charge in [-0.1, -0.05) is 38.1 Å². The molecule has 0 spiro atoms. The van der Waals surface area contributed by atoms with E-state index in [9.17, 15) is 4.79 Å². The standard InChI is InChI=1S/C16H23NO/c1-4-7-16(18)17(3)15-11-14(15)13-9-6-8-12(5-2)10-13/h6,8-10,14-15H,4-5,7,11H2,1-3H3. The third-order valence-corrected chi connectivity index (χ3v) is 3.90. The lowest BCUT2D eigenvalue weighted by Gasteiger charge is -2.17. The van der Waals surface area contributed by atoms with Crippen LogP contribution in [0.2, 0.25) is 0 Å². The smallest absolute Gasteiger partial charge is 0.222 e. The number of hydrogen-bond acceptors (Lipinski definition) is 1. The van der Waals surface area contributed by atoms with Gasteiger partial charge in [-0.3, -0.25) is 4.79 Å². The topological polar surface area (TPSA) is 20.3 Å². The van der Waals surface area contributed by atoms with Crippen LogP contribution in [0.15, 0.2) is 24.3 Å². The molecule has 1 aromatic rings. The highest BCUT2D eigenvalue weighted by Gasteiger charge is 2.42. The van der Waals surface area contributed by atoms with Gasteiger partial charge in [0.1, 0.15) is 0 Å². The summed E-state index contributed by atoms with van der Waals surface area (Å²) in [6, 6.07) is 9.23. The molecule has 0 bridgehead atoms. The predicted molar refractivity (Wildman–Crippen MR) is 74.6 cm³/mol. The highest BCUT2D eigenvalue weighted by atomic mass is 16.2. The van der Waals surface area contributed by atoms with E-state index in [0.717, 1.165) is 19.3 Å². The second-order valence-corrected chi connectivity index (χ2v) is 5.26. The van der Waals surface area contributed by atoms with Crippen molar-refractivity contribution in [2.75, 3.05) is 7.05 Å². The molecule has 18 heavy (non-hydrogen) atoms. The lowest BCUT2D eigenvalue weighted by molar-refractivity contribution is -0.130. The number of rotatable bonds is 5. The minimum atomic E-state index is 0.289. The van der Waals surface area contributed by atoms with Gasteiger partial charge in [0.2, 0.25) is 5.91 Å². The quantitative estimate of drug-likeness (QED) is 0.779. The molecule has 0 aromatic heterocycles. The highest BCUT2D eigenvalue weighted by Crippen LogP contribution is 2.44. The van der Waals surface area contributed by atoms with Crippen molar-refractivity contribution in [3.63, 3.8) is 0 Å². The average Bonchev–Trinajstić information content (AvgIpc) is 3.18. The maximum Gasteiger partial charge on any atom is 0.222 e. The van der Waals surface area contributed by atoms with Crippen LogP contribution < -0.4 is 0 Å². The first kappa shape index (κ1) is 13.1. The van der Waals surface area contributed by atoms with E-state index in [-0.39, 0.29) is 5.91 Å². The van der Waals surface area contributed by atoms with Crippen molar-refractivity contribution < 1.29 is 4.79 Å². The minimum Gasteiger partial charge on any atom is -0.342 e. The van der Waals surface area contributed by atoms with Crippen molar-refractivity contribution >= 4 is 5.91 Å². The number of aryl methyl sites for hydroxylation is 1. The fourth-order valence-electron chi connectivity index (χ4n) is 2.59. The molecule has 2 nitrogen and oxygen atoms in total. The summed E-state index contributed by atoms with van der Waals surface area (Å²) in [5.41, 5.74) is 2.79. The zero-order valence-corrected chi connectivity index (χ0v) is 11.6. The summed E-state index contributed by atoms with van der Waals surface area (Å²) in [7, 11) is 1.95. The summed E-state index contributed by atoms with van der Waals surface area (Å²) in [4.78, 5) is 13.8. The molecular formula is C16H23NO. The first-order valence-corrected chi connectivity index (χ1v) is 7.01. The Kier molecular flexibility index (Phi) is 4.05. The fourth-order valence-corrected chi connectivity index (χ4v) is 2.59. The van der Waals surface area contributed by atoms with E-state index in [1.807, 2.05) is 11.9 Å². The van der Waals surface area contributed by atoms with Crippen molar-refractivity contribution in [3.8, 4) is 0 Å². The number of carbonyl (C=O) groups is 1. The van der Waals surface area contributed by atoms with Gasteiger partial charge in [-0.15, -0.1) is 0 Å². The zero-order valence-electron chi connectivity index (χ0n) is 11.6. The monoisotopic (exact) mass is 245 g/mol. The molecule has 0 saturated heterocycles. The molecule has 0 aliphatic heterocycles. The summed E-state index contributed by atoms with van der Waals surface area (Å²) in [5, 5.41) is 0. The molecule has 2 heteroatoms. The molecular weight excluding hydrogens is 222 g/mol. The molecule has 1 aromatic carbocycles. The Bertz CT molecular complexity index is 427. The van der Waals surface area contributed by atoms with Crippen LogP contribution in [0, 0.1) is 0 Å². The van der Waals surface area contributed by atoms with Crippen molar-refractivity contribution in [2.45, 2.75) is 51.5 Å². The molecule has 1 fully saturated rings. The van der Waals surface area contributed by atoms with Gasteiger partial charge in [-0.25, -0.2) is 0 Å². The van der Waals surface area contributed by atoms with E-state index in [1.54, 1.807) is 0 Å². The summed E-state index contributed by atoms with van der Waals surface area (Å²) in [6.45, 7) is 4.24. The largest absolute Gasteiger partial charge is 0.342 e. The molecule has 2 rings (SSSR count). The lowest BCUT2D eigenvalue weighted by Crippen LogP contribution is -2.29. The van der Waals surface area contributed by atoms with Gasteiger partial charge in [-0.05, 0) is 30.4 Å². The Morgan fingerprint density at radius 1 is 1.39 bits per heavy atom. The molecule has 0 radical (unpaired) electrons. The van der Waals surface area contributed by atoms with Crippen molar-refractivity contribution in [2.24, 2.45) is 0 Å². The normalized spacial score (nSPS) is 21.7. The van der Waals surface area contributed by atoms with E-state index in [1.165, 1.54) is 11.1 Å². The van der Waals surface area contributed by atoms with E-state index in [0.29, 0.717) is 18.4 Å². The second kappa shape index (κ2) is 5.55. The number of nitrogens with zero attached hydrogens (tertiary/aromatic N) is 1. The van der Waals surface area contributed by atoms with Gasteiger partial charge >= 0.3 is 0 Å². The van der Waals surface area contributed by atoms with Crippen LogP contribution in [0.1, 0.15) is 50.2 Å². The van der Waals surface area contributed by atoms with E-state index in [4.69, 9.17) is 0 Å². The van der Waals surface area contributed by atoms with Crippen molar-refractivity contribution in [3.05, 3.63) is 35.4 Å². The van der Waals surface area contributed by atoms with Crippen molar-refractivity contribution in [1.82, 2.24) is 4.90 Å². The third-order valence-electron chi connectivity index (χ3n) is 3.90. The molecule has 1 saturated carbocycles. The van der Waals surface area contributed by atoms with Gasteiger partial charge in [-0.2, -0.15) is 0 Å². The van der Waals surface area contributed by atoms with Gasteiger partial charge < -0.3 is 4.90 Å². The molecule has 0 N–H and O–H groups in total. The zero-order chi connectivity index (χ0) is 13.1. The SMILES string of the molecule is CCCC(=O)N(C)C1CC1c1cccc(CC)c1. The number of likely N-dealkylation sites (N-methyl/N-ethyl adjacent to an activating group) is 1. The first-order chi connectivity index (χ1) is 8.67. The van der Waals surface area contributed by atoms with E-state index >= 15 is 0 Å². The Morgan fingerprint density at radius 2 is 2.17 bits per heavy atom. The molecule has 2 unspecified atom stereocenters. The molecule has 0 heterocycles. The summed E-state index contributed by atoms with van der Waals surface area (Å²) >= 11 is 0. The van der Waals surface area contributed by atoms with Crippen LogP contribution in [0.3, 0.4) is 0 Å². The van der Waals surface area contributed by atoms with Crippen LogP contribution in [0.5, 0.6) is 0 Å². The van der Waals surface area contributed by atoms with Crippen LogP contribution >= 0.6 is 0 Å². The van der Waals surface area contributed by atoms with Gasteiger partial charge in [0.15, 0.2) is 0 Å². The van der Waals surface area contributed by atoms with Gasteiger partial charge in [0.05, 0.1) is 0 Å². The van der Waals surface area contributed by atoms with Crippen molar-refractivity contribution in [1.29, 1.82) is 0 Å². The first-order valence-electron chi connectivity index (χ1n) is 7.01. The minimum absolute atomic E-state index is 0.289. The predicted octanol–water partition coefficient (Wildman–Crippen LogP) is 3.36. The van der Waals surface area contributed by atoms with Gasteiger partial charge in [0, 0.05) is 25.4 Å². The molecule has 98 valence electrons. The van der Waals surface area contributed by atoms with E-state index < -0.39 is 0 Å². The molecule has 1 aliphatic carbocycles. The Hall–Kier alpha value is -1.31. The average molecular weight is 245 g/mol. The molecule has 2 atom stereocenters. The van der Waals surface area contributed by atoms with E-state index in [2.05, 4.69) is 38.1 Å². The summed E-state index contributed by atoms with van der Waals surface area (Å²) in [5.74, 6) is 0.846. The van der Waals surface area contributed by atoms with Crippen LogP contribution in [0.4, 0.5) is 0 Å². The maximum atomic E-state index is 11.9. The molecule has 1 aliphatic rings. The van der Waals surface area contributed by atoms with Crippen LogP contribution in [0.25, 0.3) is 0 Å². The van der Waals surface area contributed by atoms with Gasteiger partial charge in [0.25, 0.3) is 0 Å². The maximum absolute atomic E-state index is 11.9. The Morgan fingerprint density at radius 3 is 2.83 bits per heavy atom. The number of carbonyl (C=O) groups excluding carboxylic acids is 1.